The van der Waals surface area contributed by atoms with Crippen LogP contribution in [0.1, 0.15) is 33.3 Å². The minimum absolute atomic E-state index is 0.0272. The Morgan fingerprint density at radius 2 is 1.88 bits per heavy atom. The molecular weight excluding hydrogens is 489 g/mol. The molecular formula is C23H25BBrN3O3S. The average Bonchev–Trinajstić information content (AvgIpc) is 3.45. The van der Waals surface area contributed by atoms with Crippen molar-refractivity contribution in [3.05, 3.63) is 79.9 Å². The molecule has 0 amide bonds. The number of fused-ring (bicyclic) bond motifs is 1. The largest absolute Gasteiger partial charge is 0.494 e. The zero-order chi connectivity index (χ0) is 22.9. The van der Waals surface area contributed by atoms with Crippen LogP contribution in [0.25, 0.3) is 10.9 Å². The fourth-order valence-electron chi connectivity index (χ4n) is 3.29. The first kappa shape index (κ1) is 23.0. The Bertz CT molecular complexity index is 1250. The second-order valence-electron chi connectivity index (χ2n) is 8.75. The third kappa shape index (κ3) is 4.91. The van der Waals surface area contributed by atoms with Crippen molar-refractivity contribution in [3.8, 4) is 0 Å². The van der Waals surface area contributed by atoms with E-state index in [9.17, 15) is 4.79 Å². The van der Waals surface area contributed by atoms with Gasteiger partial charge in [0, 0.05) is 22.1 Å². The van der Waals surface area contributed by atoms with Gasteiger partial charge in [-0.25, -0.2) is 0 Å². The lowest BCUT2D eigenvalue weighted by Gasteiger charge is -2.32. The van der Waals surface area contributed by atoms with Crippen LogP contribution in [0.4, 0.5) is 0 Å². The summed E-state index contributed by atoms with van der Waals surface area (Å²) in [7, 11) is -0.317. The van der Waals surface area contributed by atoms with Crippen molar-refractivity contribution in [2.45, 2.75) is 45.4 Å². The zero-order valence-corrected chi connectivity index (χ0v) is 20.9. The molecule has 9 heteroatoms. The van der Waals surface area contributed by atoms with E-state index in [-0.39, 0.29) is 23.9 Å². The van der Waals surface area contributed by atoms with Crippen molar-refractivity contribution in [1.82, 2.24) is 14.8 Å². The van der Waals surface area contributed by atoms with Crippen LogP contribution in [0.3, 0.4) is 0 Å². The first-order chi connectivity index (χ1) is 15.1. The number of H-pyrrole nitrogens is 1. The lowest BCUT2D eigenvalue weighted by atomic mass is 9.79. The molecule has 1 saturated heterocycles. The van der Waals surface area contributed by atoms with E-state index >= 15 is 0 Å². The molecule has 0 atom stereocenters. The Labute approximate surface area is 199 Å². The summed E-state index contributed by atoms with van der Waals surface area (Å²) < 4.78 is 14.6. The third-order valence-electron chi connectivity index (χ3n) is 5.87. The number of hydrogen-bond acceptors (Lipinski definition) is 5. The van der Waals surface area contributed by atoms with Crippen LogP contribution in [0, 0.1) is 0 Å². The Kier molecular flexibility index (Phi) is 6.45. The van der Waals surface area contributed by atoms with E-state index in [4.69, 9.17) is 9.31 Å². The van der Waals surface area contributed by atoms with Crippen LogP contribution in [0.15, 0.2) is 68.8 Å². The fraction of sp³-hybridized carbons (Fsp3) is 0.304. The second-order valence-corrected chi connectivity index (χ2v) is 10.4. The van der Waals surface area contributed by atoms with Crippen molar-refractivity contribution in [2.75, 3.05) is 0 Å². The molecule has 4 heterocycles. The number of aromatic nitrogens is 3. The molecule has 1 fully saturated rings. The van der Waals surface area contributed by atoms with Gasteiger partial charge in [-0.3, -0.25) is 9.89 Å². The lowest BCUT2D eigenvalue weighted by molar-refractivity contribution is 0.00578. The zero-order valence-electron chi connectivity index (χ0n) is 18.5. The van der Waals surface area contributed by atoms with Gasteiger partial charge in [0.2, 0.25) is 0 Å². The summed E-state index contributed by atoms with van der Waals surface area (Å²) in [5, 5.41) is 12.1. The molecule has 1 aliphatic rings. The molecule has 0 unspecified atom stereocenters. The van der Waals surface area contributed by atoms with Gasteiger partial charge in [-0.05, 0) is 83.6 Å². The Balaban J connectivity index is 0.000000158. The van der Waals surface area contributed by atoms with Crippen LogP contribution in [-0.4, -0.2) is 33.1 Å². The van der Waals surface area contributed by atoms with Gasteiger partial charge in [0.1, 0.15) is 0 Å². The molecule has 1 aliphatic heterocycles. The molecule has 4 aromatic rings. The molecule has 6 nitrogen and oxygen atoms in total. The number of aromatic amines is 1. The smallest absolute Gasteiger partial charge is 0.399 e. The molecule has 3 aromatic heterocycles. The average molecular weight is 514 g/mol. The molecule has 0 aliphatic carbocycles. The van der Waals surface area contributed by atoms with Crippen LogP contribution < -0.4 is 11.0 Å². The quantitative estimate of drug-likeness (QED) is 0.407. The van der Waals surface area contributed by atoms with E-state index in [0.29, 0.717) is 6.54 Å². The monoisotopic (exact) mass is 513 g/mol. The third-order valence-corrected chi connectivity index (χ3v) is 7.07. The number of nitrogens with one attached hydrogen (secondary N) is 1. The van der Waals surface area contributed by atoms with Gasteiger partial charge in [-0.15, -0.1) is 0 Å². The number of pyridine rings is 1. The van der Waals surface area contributed by atoms with Crippen molar-refractivity contribution in [3.63, 3.8) is 0 Å². The van der Waals surface area contributed by atoms with Crippen LogP contribution in [0.2, 0.25) is 0 Å². The summed E-state index contributed by atoms with van der Waals surface area (Å²) in [6.07, 6.45) is 3.61. The topological polar surface area (TPSA) is 69.1 Å². The maximum Gasteiger partial charge on any atom is 0.494 e. The number of nitrogens with zero attached hydrogens (tertiary/aromatic N) is 2. The summed E-state index contributed by atoms with van der Waals surface area (Å²) >= 11 is 4.99. The molecule has 1 N–H and O–H groups in total. The summed E-state index contributed by atoms with van der Waals surface area (Å²) in [6, 6.07) is 11.4. The van der Waals surface area contributed by atoms with Crippen molar-refractivity contribution >= 4 is 50.8 Å². The predicted molar refractivity (Wildman–Crippen MR) is 134 cm³/mol. The SMILES string of the molecule is CC1(C)OB(c2ccc3cn[nH]c3c2)OC1(C)C.O=c1ccc(Br)cn1Cc1ccsc1. The fourth-order valence-corrected chi connectivity index (χ4v) is 4.32. The number of hydrogen-bond donors (Lipinski definition) is 1. The molecule has 32 heavy (non-hydrogen) atoms. The van der Waals surface area contributed by atoms with E-state index in [1.165, 1.54) is 0 Å². The highest BCUT2D eigenvalue weighted by atomic mass is 79.9. The Hall–Kier alpha value is -2.20. The van der Waals surface area contributed by atoms with Gasteiger partial charge in [0.25, 0.3) is 5.56 Å². The van der Waals surface area contributed by atoms with Gasteiger partial charge in [-0.2, -0.15) is 16.4 Å². The summed E-state index contributed by atoms with van der Waals surface area (Å²) in [6.45, 7) is 8.87. The minimum atomic E-state index is -0.317. The maximum absolute atomic E-state index is 11.4. The van der Waals surface area contributed by atoms with Gasteiger partial charge in [0.05, 0.1) is 29.5 Å². The van der Waals surface area contributed by atoms with E-state index in [1.54, 1.807) is 34.2 Å². The molecule has 0 radical (unpaired) electrons. The molecule has 1 aromatic carbocycles. The molecule has 166 valence electrons. The van der Waals surface area contributed by atoms with Crippen LogP contribution >= 0.6 is 27.3 Å². The van der Waals surface area contributed by atoms with E-state index in [2.05, 4.69) is 53.8 Å². The van der Waals surface area contributed by atoms with Crippen molar-refractivity contribution in [2.24, 2.45) is 0 Å². The first-order valence-electron chi connectivity index (χ1n) is 10.3. The minimum Gasteiger partial charge on any atom is -0.399 e. The number of halogens is 1. The van der Waals surface area contributed by atoms with Crippen molar-refractivity contribution < 1.29 is 9.31 Å². The van der Waals surface area contributed by atoms with E-state index in [0.717, 1.165) is 26.4 Å². The summed E-state index contributed by atoms with van der Waals surface area (Å²) in [5.41, 5.74) is 2.60. The maximum atomic E-state index is 11.4. The first-order valence-corrected chi connectivity index (χ1v) is 12.0. The number of rotatable bonds is 3. The highest BCUT2D eigenvalue weighted by Crippen LogP contribution is 2.36. The second kappa shape index (κ2) is 8.98. The number of benzene rings is 1. The predicted octanol–water partition coefficient (Wildman–Crippen LogP) is 4.58. The van der Waals surface area contributed by atoms with Crippen molar-refractivity contribution in [1.29, 1.82) is 0 Å². The standard InChI is InChI=1S/C13H17BN2O2.C10H8BrNOS/c1-12(2)13(3,4)18-14(17-12)10-6-5-9-8-15-16-11(9)7-10;11-9-1-2-10(13)12(6-9)5-8-3-4-14-7-8/h5-8H,1-4H3,(H,15,16);1-4,6-7H,5H2. The lowest BCUT2D eigenvalue weighted by Crippen LogP contribution is -2.41. The van der Waals surface area contributed by atoms with Gasteiger partial charge in [-0.1, -0.05) is 12.1 Å². The van der Waals surface area contributed by atoms with Crippen LogP contribution in [-0.2, 0) is 15.9 Å². The highest BCUT2D eigenvalue weighted by Gasteiger charge is 2.51. The number of thiophene rings is 1. The summed E-state index contributed by atoms with van der Waals surface area (Å²) in [4.78, 5) is 11.4. The van der Waals surface area contributed by atoms with E-state index in [1.807, 2.05) is 41.2 Å². The normalized spacial score (nSPS) is 16.7. The Morgan fingerprint density at radius 1 is 1.12 bits per heavy atom. The van der Waals surface area contributed by atoms with Crippen LogP contribution in [0.5, 0.6) is 0 Å². The molecule has 0 spiro atoms. The van der Waals surface area contributed by atoms with Gasteiger partial charge >= 0.3 is 7.12 Å². The molecule has 0 saturated carbocycles. The Morgan fingerprint density at radius 3 is 2.56 bits per heavy atom. The molecule has 0 bridgehead atoms. The highest BCUT2D eigenvalue weighted by molar-refractivity contribution is 9.10. The van der Waals surface area contributed by atoms with E-state index < -0.39 is 0 Å². The van der Waals surface area contributed by atoms with Gasteiger partial charge < -0.3 is 13.9 Å². The summed E-state index contributed by atoms with van der Waals surface area (Å²) in [5.74, 6) is 0. The van der Waals surface area contributed by atoms with Gasteiger partial charge in [0.15, 0.2) is 0 Å². The molecule has 5 rings (SSSR count).